The SMILES string of the molecule is CCCCCCC1CCC(C(=O)OSc2ccccc2)CC1. The van der Waals surface area contributed by atoms with E-state index < -0.39 is 0 Å². The molecule has 22 heavy (non-hydrogen) atoms. The summed E-state index contributed by atoms with van der Waals surface area (Å²) in [5.74, 6) is 0.920. The Bertz CT molecular complexity index is 424. The minimum Gasteiger partial charge on any atom is -0.386 e. The predicted octanol–water partition coefficient (Wildman–Crippen LogP) is 6.01. The van der Waals surface area contributed by atoms with Crippen LogP contribution in [0.2, 0.25) is 0 Å². The van der Waals surface area contributed by atoms with Crippen molar-refractivity contribution in [3.63, 3.8) is 0 Å². The van der Waals surface area contributed by atoms with Crippen molar-refractivity contribution in [3.05, 3.63) is 30.3 Å². The van der Waals surface area contributed by atoms with Gasteiger partial charge in [0.15, 0.2) is 0 Å². The maximum atomic E-state index is 12.1. The van der Waals surface area contributed by atoms with Crippen LogP contribution in [0.1, 0.15) is 64.7 Å². The first-order valence-electron chi connectivity index (χ1n) is 8.73. The van der Waals surface area contributed by atoms with Crippen LogP contribution in [0, 0.1) is 11.8 Å². The third-order valence-corrected chi connectivity index (χ3v) is 5.32. The predicted molar refractivity (Wildman–Crippen MR) is 92.6 cm³/mol. The fraction of sp³-hybridized carbons (Fsp3) is 0.632. The van der Waals surface area contributed by atoms with Crippen molar-refractivity contribution in [3.8, 4) is 0 Å². The van der Waals surface area contributed by atoms with Gasteiger partial charge in [0.2, 0.25) is 0 Å². The van der Waals surface area contributed by atoms with Crippen LogP contribution in [0.3, 0.4) is 0 Å². The summed E-state index contributed by atoms with van der Waals surface area (Å²) < 4.78 is 5.39. The molecule has 122 valence electrons. The molecule has 0 spiro atoms. The quantitative estimate of drug-likeness (QED) is 0.433. The van der Waals surface area contributed by atoms with Crippen molar-refractivity contribution in [2.75, 3.05) is 0 Å². The summed E-state index contributed by atoms with van der Waals surface area (Å²) in [5.41, 5.74) is 0. The molecule has 1 aromatic rings. The minimum atomic E-state index is -0.0294. The first-order chi connectivity index (χ1) is 10.8. The van der Waals surface area contributed by atoms with Gasteiger partial charge >= 0.3 is 5.97 Å². The van der Waals surface area contributed by atoms with E-state index in [0.29, 0.717) is 0 Å². The van der Waals surface area contributed by atoms with Gasteiger partial charge in [-0.15, -0.1) is 0 Å². The Kier molecular flexibility index (Phi) is 7.86. The van der Waals surface area contributed by atoms with Gasteiger partial charge in [-0.05, 0) is 43.7 Å². The monoisotopic (exact) mass is 320 g/mol. The van der Waals surface area contributed by atoms with Gasteiger partial charge in [-0.3, -0.25) is 4.79 Å². The molecule has 0 aliphatic heterocycles. The molecule has 1 aromatic carbocycles. The number of unbranched alkanes of at least 4 members (excludes halogenated alkanes) is 3. The molecule has 1 fully saturated rings. The molecule has 2 nitrogen and oxygen atoms in total. The van der Waals surface area contributed by atoms with E-state index in [2.05, 4.69) is 6.92 Å². The van der Waals surface area contributed by atoms with Crippen LogP contribution in [0.5, 0.6) is 0 Å². The lowest BCUT2D eigenvalue weighted by Gasteiger charge is -2.26. The Labute approximate surface area is 139 Å². The number of carbonyl (C=O) groups excluding carboxylic acids is 1. The molecule has 0 bridgehead atoms. The largest absolute Gasteiger partial charge is 0.386 e. The van der Waals surface area contributed by atoms with E-state index in [9.17, 15) is 4.79 Å². The molecule has 1 aliphatic rings. The fourth-order valence-corrected chi connectivity index (χ4v) is 3.76. The van der Waals surface area contributed by atoms with E-state index in [1.807, 2.05) is 30.3 Å². The Balaban J connectivity index is 1.62. The minimum absolute atomic E-state index is 0.0294. The second-order valence-electron chi connectivity index (χ2n) is 6.37. The Hall–Kier alpha value is -0.960. The standard InChI is InChI=1S/C19H28O2S/c1-2-3-4-6-9-16-12-14-17(15-13-16)19(20)21-22-18-10-7-5-8-11-18/h5,7-8,10-11,16-17H,2-4,6,9,12-15H2,1H3. The highest BCUT2D eigenvalue weighted by atomic mass is 32.2. The molecular weight excluding hydrogens is 292 g/mol. The summed E-state index contributed by atoms with van der Waals surface area (Å²) in [6.07, 6.45) is 11.1. The van der Waals surface area contributed by atoms with Crippen LogP contribution in [-0.2, 0) is 8.98 Å². The normalized spacial score (nSPS) is 21.5. The molecule has 1 saturated carbocycles. The topological polar surface area (TPSA) is 26.3 Å². The zero-order valence-electron chi connectivity index (χ0n) is 13.6. The van der Waals surface area contributed by atoms with Crippen molar-refractivity contribution in [2.24, 2.45) is 11.8 Å². The molecule has 3 heteroatoms. The number of rotatable bonds is 8. The van der Waals surface area contributed by atoms with Crippen molar-refractivity contribution in [1.29, 1.82) is 0 Å². The van der Waals surface area contributed by atoms with Gasteiger partial charge in [-0.2, -0.15) is 0 Å². The van der Waals surface area contributed by atoms with Gasteiger partial charge in [-0.1, -0.05) is 57.2 Å². The lowest BCUT2D eigenvalue weighted by Crippen LogP contribution is -2.22. The first kappa shape index (κ1) is 17.4. The van der Waals surface area contributed by atoms with E-state index in [1.165, 1.54) is 57.0 Å². The third kappa shape index (κ3) is 6.04. The van der Waals surface area contributed by atoms with Crippen molar-refractivity contribution in [1.82, 2.24) is 0 Å². The second-order valence-corrected chi connectivity index (χ2v) is 7.17. The van der Waals surface area contributed by atoms with Crippen LogP contribution in [-0.4, -0.2) is 5.97 Å². The molecule has 0 heterocycles. The van der Waals surface area contributed by atoms with Gasteiger partial charge in [0.25, 0.3) is 0 Å². The fourth-order valence-electron chi connectivity index (χ4n) is 3.18. The van der Waals surface area contributed by atoms with Gasteiger partial charge in [0, 0.05) is 4.90 Å². The maximum Gasteiger partial charge on any atom is 0.321 e. The molecule has 0 saturated heterocycles. The lowest BCUT2D eigenvalue weighted by atomic mass is 9.80. The third-order valence-electron chi connectivity index (χ3n) is 4.61. The molecule has 0 unspecified atom stereocenters. The molecule has 0 atom stereocenters. The van der Waals surface area contributed by atoms with Crippen LogP contribution in [0.4, 0.5) is 0 Å². The molecule has 0 radical (unpaired) electrons. The summed E-state index contributed by atoms with van der Waals surface area (Å²) in [4.78, 5) is 13.1. The molecular formula is C19H28O2S. The Morgan fingerprint density at radius 3 is 2.50 bits per heavy atom. The summed E-state index contributed by atoms with van der Waals surface area (Å²) >= 11 is 1.19. The Morgan fingerprint density at radius 1 is 1.09 bits per heavy atom. The van der Waals surface area contributed by atoms with E-state index in [4.69, 9.17) is 4.18 Å². The summed E-state index contributed by atoms with van der Waals surface area (Å²) in [7, 11) is 0. The number of hydrogen-bond acceptors (Lipinski definition) is 3. The van der Waals surface area contributed by atoms with Gasteiger partial charge in [-0.25, -0.2) is 0 Å². The van der Waals surface area contributed by atoms with E-state index in [1.54, 1.807) is 0 Å². The first-order valence-corrected chi connectivity index (χ1v) is 9.47. The molecule has 1 aliphatic carbocycles. The average Bonchev–Trinajstić information content (AvgIpc) is 2.58. The van der Waals surface area contributed by atoms with Gasteiger partial charge in [0.05, 0.1) is 18.0 Å². The molecule has 0 amide bonds. The number of benzene rings is 1. The molecule has 2 rings (SSSR count). The van der Waals surface area contributed by atoms with E-state index >= 15 is 0 Å². The highest BCUT2D eigenvalue weighted by molar-refractivity contribution is 7.95. The van der Waals surface area contributed by atoms with E-state index in [0.717, 1.165) is 23.7 Å². The van der Waals surface area contributed by atoms with Crippen molar-refractivity contribution < 1.29 is 8.98 Å². The van der Waals surface area contributed by atoms with E-state index in [-0.39, 0.29) is 11.9 Å². The van der Waals surface area contributed by atoms with Gasteiger partial charge < -0.3 is 4.18 Å². The second kappa shape index (κ2) is 9.94. The molecule has 0 N–H and O–H groups in total. The Morgan fingerprint density at radius 2 is 1.82 bits per heavy atom. The van der Waals surface area contributed by atoms with Crippen LogP contribution in [0.15, 0.2) is 35.2 Å². The lowest BCUT2D eigenvalue weighted by molar-refractivity contribution is -0.138. The smallest absolute Gasteiger partial charge is 0.321 e. The van der Waals surface area contributed by atoms with Crippen LogP contribution in [0.25, 0.3) is 0 Å². The highest BCUT2D eigenvalue weighted by Gasteiger charge is 2.27. The summed E-state index contributed by atoms with van der Waals surface area (Å²) in [6.45, 7) is 2.25. The van der Waals surface area contributed by atoms with Crippen LogP contribution >= 0.6 is 12.0 Å². The maximum absolute atomic E-state index is 12.1. The zero-order valence-corrected chi connectivity index (χ0v) is 14.4. The zero-order chi connectivity index (χ0) is 15.6. The number of hydrogen-bond donors (Lipinski definition) is 0. The average molecular weight is 320 g/mol. The van der Waals surface area contributed by atoms with Gasteiger partial charge in [0.1, 0.15) is 0 Å². The van der Waals surface area contributed by atoms with Crippen LogP contribution < -0.4 is 0 Å². The summed E-state index contributed by atoms with van der Waals surface area (Å²) in [6, 6.07) is 9.81. The van der Waals surface area contributed by atoms with Crippen molar-refractivity contribution in [2.45, 2.75) is 69.6 Å². The molecule has 0 aromatic heterocycles. The highest BCUT2D eigenvalue weighted by Crippen LogP contribution is 2.34. The number of carbonyl (C=O) groups is 1. The summed E-state index contributed by atoms with van der Waals surface area (Å²) in [5, 5.41) is 0. The van der Waals surface area contributed by atoms with Crippen molar-refractivity contribution >= 4 is 18.0 Å².